The molecule has 1 rings (SSSR count). The van der Waals surface area contributed by atoms with Gasteiger partial charge in [0.25, 0.3) is 0 Å². The first-order chi connectivity index (χ1) is 10.6. The number of carbonyl (C=O) groups is 1. The van der Waals surface area contributed by atoms with Crippen LogP contribution in [0.25, 0.3) is 0 Å². The summed E-state index contributed by atoms with van der Waals surface area (Å²) in [5.41, 5.74) is 0. The molecule has 1 amide bonds. The summed E-state index contributed by atoms with van der Waals surface area (Å²) in [4.78, 5) is 11.9. The molecule has 0 radical (unpaired) electrons. The highest BCUT2D eigenvalue weighted by molar-refractivity contribution is 9.10. The predicted octanol–water partition coefficient (Wildman–Crippen LogP) is 3.52. The number of benzene rings is 1. The number of aliphatic hydroxyl groups excluding tert-OH is 1. The molecular weight excluding hydrogens is 346 g/mol. The zero-order valence-corrected chi connectivity index (χ0v) is 14.9. The summed E-state index contributed by atoms with van der Waals surface area (Å²) >= 11 is 3.42. The van der Waals surface area contributed by atoms with E-state index in [2.05, 4.69) is 21.2 Å². The molecule has 0 heterocycles. The van der Waals surface area contributed by atoms with E-state index in [1.54, 1.807) is 0 Å². The van der Waals surface area contributed by atoms with Gasteiger partial charge in [-0.3, -0.25) is 4.79 Å². The normalized spacial score (nSPS) is 13.5. The van der Waals surface area contributed by atoms with Crippen molar-refractivity contribution >= 4 is 21.8 Å². The molecule has 0 saturated carbocycles. The van der Waals surface area contributed by atoms with Crippen LogP contribution in [0.2, 0.25) is 0 Å². The van der Waals surface area contributed by atoms with Crippen molar-refractivity contribution < 1.29 is 14.6 Å². The number of halogens is 1. The van der Waals surface area contributed by atoms with Crippen molar-refractivity contribution in [3.05, 3.63) is 28.7 Å². The zero-order valence-electron chi connectivity index (χ0n) is 13.3. The second-order valence-corrected chi connectivity index (χ2v) is 6.43. The first-order valence-electron chi connectivity index (χ1n) is 7.84. The molecule has 1 aromatic rings. The summed E-state index contributed by atoms with van der Waals surface area (Å²) in [6, 6.07) is 7.81. The number of para-hydroxylation sites is 1. The number of hydrogen-bond donors (Lipinski definition) is 2. The van der Waals surface area contributed by atoms with Gasteiger partial charge in [0, 0.05) is 19.1 Å². The first-order valence-corrected chi connectivity index (χ1v) is 8.63. The van der Waals surface area contributed by atoms with Crippen LogP contribution in [0.15, 0.2) is 28.7 Å². The fourth-order valence-electron chi connectivity index (χ4n) is 2.16. The molecule has 0 fully saturated rings. The van der Waals surface area contributed by atoms with Gasteiger partial charge in [-0.05, 0) is 53.2 Å². The van der Waals surface area contributed by atoms with Gasteiger partial charge in [-0.2, -0.15) is 0 Å². The number of hydrogen-bond acceptors (Lipinski definition) is 3. The molecule has 4 nitrogen and oxygen atoms in total. The molecule has 0 aliphatic rings. The molecule has 0 aromatic heterocycles. The van der Waals surface area contributed by atoms with Gasteiger partial charge in [0.15, 0.2) is 0 Å². The maximum Gasteiger partial charge on any atom is 0.220 e. The molecule has 2 unspecified atom stereocenters. The Hall–Kier alpha value is -1.07. The molecule has 2 atom stereocenters. The van der Waals surface area contributed by atoms with E-state index in [0.29, 0.717) is 19.4 Å². The van der Waals surface area contributed by atoms with E-state index < -0.39 is 0 Å². The summed E-state index contributed by atoms with van der Waals surface area (Å²) in [7, 11) is 0. The molecule has 0 aliphatic carbocycles. The maximum atomic E-state index is 11.9. The number of amides is 1. The van der Waals surface area contributed by atoms with Gasteiger partial charge in [0.05, 0.1) is 11.1 Å². The van der Waals surface area contributed by atoms with E-state index >= 15 is 0 Å². The Balaban J connectivity index is 2.24. The Morgan fingerprint density at radius 3 is 2.77 bits per heavy atom. The fraction of sp³-hybridized carbons (Fsp3) is 0.588. The minimum Gasteiger partial charge on any atom is -0.492 e. The average molecular weight is 372 g/mol. The number of rotatable bonds is 10. The van der Waals surface area contributed by atoms with Crippen LogP contribution in [0, 0.1) is 5.92 Å². The van der Waals surface area contributed by atoms with Crippen molar-refractivity contribution in [2.45, 2.75) is 45.6 Å². The molecular formula is C17H26BrNO3. The lowest BCUT2D eigenvalue weighted by atomic mass is 10.0. The Kier molecular flexibility index (Phi) is 9.16. The van der Waals surface area contributed by atoms with Crippen LogP contribution in [-0.2, 0) is 4.79 Å². The topological polar surface area (TPSA) is 58.6 Å². The van der Waals surface area contributed by atoms with Crippen LogP contribution in [0.3, 0.4) is 0 Å². The summed E-state index contributed by atoms with van der Waals surface area (Å²) in [5, 5.41) is 12.1. The van der Waals surface area contributed by atoms with Crippen molar-refractivity contribution in [2.75, 3.05) is 13.2 Å². The van der Waals surface area contributed by atoms with Crippen molar-refractivity contribution in [3.8, 4) is 5.75 Å². The van der Waals surface area contributed by atoms with Crippen LogP contribution in [0.1, 0.15) is 39.5 Å². The van der Waals surface area contributed by atoms with Crippen LogP contribution in [0.5, 0.6) is 5.75 Å². The Labute approximate surface area is 141 Å². The number of carbonyl (C=O) groups excluding carboxylic acids is 1. The van der Waals surface area contributed by atoms with Crippen LogP contribution in [0.4, 0.5) is 0 Å². The lowest BCUT2D eigenvalue weighted by Gasteiger charge is -2.20. The average Bonchev–Trinajstić information content (AvgIpc) is 2.52. The molecule has 0 spiro atoms. The molecule has 22 heavy (non-hydrogen) atoms. The molecule has 0 saturated heterocycles. The predicted molar refractivity (Wildman–Crippen MR) is 92.0 cm³/mol. The second-order valence-electron chi connectivity index (χ2n) is 5.58. The van der Waals surface area contributed by atoms with Gasteiger partial charge in [0.1, 0.15) is 5.75 Å². The SMILES string of the molecule is CCC(CC(C)CO)NC(=O)CCCOc1ccccc1Br. The summed E-state index contributed by atoms with van der Waals surface area (Å²) < 4.78 is 6.56. The van der Waals surface area contributed by atoms with E-state index in [4.69, 9.17) is 9.84 Å². The number of aliphatic hydroxyl groups is 1. The summed E-state index contributed by atoms with van der Waals surface area (Å²) in [6.07, 6.45) is 2.82. The minimum absolute atomic E-state index is 0.0488. The molecule has 0 bridgehead atoms. The van der Waals surface area contributed by atoms with Gasteiger partial charge in [-0.25, -0.2) is 0 Å². The van der Waals surface area contributed by atoms with E-state index in [0.717, 1.165) is 23.1 Å². The maximum absolute atomic E-state index is 11.9. The van der Waals surface area contributed by atoms with Crippen LogP contribution in [-0.4, -0.2) is 30.3 Å². The molecule has 1 aromatic carbocycles. The Morgan fingerprint density at radius 2 is 2.14 bits per heavy atom. The largest absolute Gasteiger partial charge is 0.492 e. The monoisotopic (exact) mass is 371 g/mol. The third-order valence-electron chi connectivity index (χ3n) is 3.50. The lowest BCUT2D eigenvalue weighted by Crippen LogP contribution is -2.36. The highest BCUT2D eigenvalue weighted by atomic mass is 79.9. The third kappa shape index (κ3) is 7.27. The first kappa shape index (κ1) is 19.0. The standard InChI is InChI=1S/C17H26BrNO3/c1-3-14(11-13(2)12-20)19-17(21)9-6-10-22-16-8-5-4-7-15(16)18/h4-5,7-8,13-14,20H,3,6,9-12H2,1-2H3,(H,19,21). The Bertz CT molecular complexity index is 453. The smallest absolute Gasteiger partial charge is 0.220 e. The third-order valence-corrected chi connectivity index (χ3v) is 4.15. The van der Waals surface area contributed by atoms with Crippen molar-refractivity contribution in [1.82, 2.24) is 5.32 Å². The van der Waals surface area contributed by atoms with Crippen molar-refractivity contribution in [3.63, 3.8) is 0 Å². The highest BCUT2D eigenvalue weighted by Gasteiger charge is 2.13. The van der Waals surface area contributed by atoms with Crippen LogP contribution >= 0.6 is 15.9 Å². The van der Waals surface area contributed by atoms with Crippen LogP contribution < -0.4 is 10.1 Å². The van der Waals surface area contributed by atoms with Crippen molar-refractivity contribution in [2.24, 2.45) is 5.92 Å². The zero-order chi connectivity index (χ0) is 16.4. The van der Waals surface area contributed by atoms with E-state index in [1.807, 2.05) is 38.1 Å². The number of nitrogens with one attached hydrogen (secondary N) is 1. The van der Waals surface area contributed by atoms with E-state index in [-0.39, 0.29) is 24.5 Å². The summed E-state index contributed by atoms with van der Waals surface area (Å²) in [5.74, 6) is 1.06. The molecule has 5 heteroatoms. The Morgan fingerprint density at radius 1 is 1.41 bits per heavy atom. The quantitative estimate of drug-likeness (QED) is 0.618. The molecule has 0 aliphatic heterocycles. The van der Waals surface area contributed by atoms with E-state index in [9.17, 15) is 4.79 Å². The molecule has 124 valence electrons. The van der Waals surface area contributed by atoms with Crippen molar-refractivity contribution in [1.29, 1.82) is 0 Å². The van der Waals surface area contributed by atoms with Gasteiger partial charge >= 0.3 is 0 Å². The van der Waals surface area contributed by atoms with Gasteiger partial charge in [-0.15, -0.1) is 0 Å². The summed E-state index contributed by atoms with van der Waals surface area (Å²) in [6.45, 7) is 4.71. The van der Waals surface area contributed by atoms with Gasteiger partial charge < -0.3 is 15.2 Å². The van der Waals surface area contributed by atoms with Gasteiger partial charge in [0.2, 0.25) is 5.91 Å². The minimum atomic E-state index is 0.0488. The molecule has 2 N–H and O–H groups in total. The lowest BCUT2D eigenvalue weighted by molar-refractivity contribution is -0.122. The number of ether oxygens (including phenoxy) is 1. The second kappa shape index (κ2) is 10.6. The van der Waals surface area contributed by atoms with E-state index in [1.165, 1.54) is 0 Å². The highest BCUT2D eigenvalue weighted by Crippen LogP contribution is 2.23. The van der Waals surface area contributed by atoms with Gasteiger partial charge in [-0.1, -0.05) is 26.0 Å². The fourth-order valence-corrected chi connectivity index (χ4v) is 2.56.